The predicted octanol–water partition coefficient (Wildman–Crippen LogP) is 3.92. The summed E-state index contributed by atoms with van der Waals surface area (Å²) in [5.41, 5.74) is 6.89. The van der Waals surface area contributed by atoms with Crippen molar-refractivity contribution in [1.82, 2.24) is 14.5 Å². The summed E-state index contributed by atoms with van der Waals surface area (Å²) in [6.07, 6.45) is 5.35. The summed E-state index contributed by atoms with van der Waals surface area (Å²) in [6, 6.07) is 13.6. The molecule has 2 aromatic carbocycles. The first-order valence-corrected chi connectivity index (χ1v) is 10.1. The van der Waals surface area contributed by atoms with Crippen LogP contribution >= 0.6 is 0 Å². The summed E-state index contributed by atoms with van der Waals surface area (Å²) >= 11 is 0. The normalized spacial score (nSPS) is 11.7. The molecule has 30 heavy (non-hydrogen) atoms. The minimum absolute atomic E-state index is 0.0888. The van der Waals surface area contributed by atoms with Gasteiger partial charge in [0, 0.05) is 42.9 Å². The van der Waals surface area contributed by atoms with E-state index in [9.17, 15) is 4.79 Å². The molecule has 154 valence electrons. The van der Waals surface area contributed by atoms with Crippen molar-refractivity contribution >= 4 is 34.0 Å². The number of aromatic amines is 1. The molecule has 2 N–H and O–H groups in total. The van der Waals surface area contributed by atoms with E-state index in [0.717, 1.165) is 22.9 Å². The van der Waals surface area contributed by atoms with Crippen molar-refractivity contribution in [2.24, 2.45) is 5.10 Å². The van der Waals surface area contributed by atoms with Crippen LogP contribution in [0.3, 0.4) is 0 Å². The van der Waals surface area contributed by atoms with E-state index < -0.39 is 0 Å². The van der Waals surface area contributed by atoms with E-state index in [0.29, 0.717) is 36.4 Å². The zero-order chi connectivity index (χ0) is 20.9. The molecule has 0 radical (unpaired) electrons. The van der Waals surface area contributed by atoms with E-state index in [1.807, 2.05) is 24.4 Å². The van der Waals surface area contributed by atoms with Gasteiger partial charge in [0.15, 0.2) is 0 Å². The summed E-state index contributed by atoms with van der Waals surface area (Å²) < 4.78 is 6.75. The van der Waals surface area contributed by atoms with Crippen molar-refractivity contribution in [2.45, 2.75) is 26.3 Å². The van der Waals surface area contributed by atoms with Gasteiger partial charge in [-0.15, -0.1) is 0 Å². The van der Waals surface area contributed by atoms with Crippen LogP contribution in [0, 0.1) is 0 Å². The number of hydrazone groups is 1. The number of H-pyrrole nitrogens is 1. The molecule has 0 atom stereocenters. The molecule has 2 aromatic heterocycles. The molecule has 0 saturated heterocycles. The van der Waals surface area contributed by atoms with Gasteiger partial charge in [0.25, 0.3) is 5.56 Å². The Balaban J connectivity index is 1.66. The first-order chi connectivity index (χ1) is 14.7. The van der Waals surface area contributed by atoms with E-state index in [1.54, 1.807) is 24.0 Å². The van der Waals surface area contributed by atoms with Crippen LogP contribution in [0.5, 0.6) is 0 Å². The number of anilines is 1. The second-order valence-corrected chi connectivity index (χ2v) is 7.06. The van der Waals surface area contributed by atoms with Crippen LogP contribution < -0.4 is 11.0 Å². The fourth-order valence-corrected chi connectivity index (χ4v) is 3.63. The summed E-state index contributed by atoms with van der Waals surface area (Å²) in [5.74, 6) is 0.417. The molecule has 0 aliphatic carbocycles. The maximum Gasteiger partial charge on any atom is 0.262 e. The molecule has 0 bridgehead atoms. The highest BCUT2D eigenvalue weighted by Gasteiger charge is 2.10. The average molecular weight is 403 g/mol. The van der Waals surface area contributed by atoms with Crippen molar-refractivity contribution in [3.8, 4) is 0 Å². The summed E-state index contributed by atoms with van der Waals surface area (Å²) in [4.78, 5) is 20.9. The molecule has 0 saturated carbocycles. The molecule has 7 heteroatoms. The number of aromatic nitrogens is 3. The quantitative estimate of drug-likeness (QED) is 0.265. The standard InChI is InChI=1S/C23H25N5O2/c1-3-16-8-6-10-18-17(14-24-21(16)18)15-25-27-23-26-20-11-5-4-9-19(20)22(29)28(23)12-7-13-30-2/h4-6,8-11,14-15,24H,3,7,12-13H2,1-2H3,(H,26,27)/b25-15+. The molecular formula is C23H25N5O2. The van der Waals surface area contributed by atoms with E-state index in [-0.39, 0.29) is 5.56 Å². The van der Waals surface area contributed by atoms with Crippen molar-refractivity contribution < 1.29 is 4.74 Å². The maximum atomic E-state index is 13.0. The lowest BCUT2D eigenvalue weighted by Gasteiger charge is -2.12. The van der Waals surface area contributed by atoms with Gasteiger partial charge in [-0.1, -0.05) is 37.3 Å². The highest BCUT2D eigenvalue weighted by atomic mass is 16.5. The fourth-order valence-electron chi connectivity index (χ4n) is 3.63. The number of nitrogens with zero attached hydrogens (tertiary/aromatic N) is 3. The molecule has 0 aliphatic heterocycles. The van der Waals surface area contributed by atoms with E-state index in [1.165, 1.54) is 5.56 Å². The Labute approximate surface area is 174 Å². The number of ether oxygens (including phenoxy) is 1. The number of nitrogens with one attached hydrogen (secondary N) is 2. The molecule has 4 aromatic rings. The molecule has 0 fully saturated rings. The van der Waals surface area contributed by atoms with Crippen molar-refractivity contribution in [2.75, 3.05) is 19.1 Å². The second kappa shape index (κ2) is 8.92. The van der Waals surface area contributed by atoms with Gasteiger partial charge in [-0.2, -0.15) is 5.10 Å². The van der Waals surface area contributed by atoms with Crippen molar-refractivity contribution in [1.29, 1.82) is 0 Å². The number of aryl methyl sites for hydroxylation is 1. The van der Waals surface area contributed by atoms with Crippen LogP contribution in [0.1, 0.15) is 24.5 Å². The van der Waals surface area contributed by atoms with E-state index in [4.69, 9.17) is 4.74 Å². The third-order valence-electron chi connectivity index (χ3n) is 5.17. The highest BCUT2D eigenvalue weighted by molar-refractivity contribution is 6.00. The number of benzene rings is 2. The van der Waals surface area contributed by atoms with Gasteiger partial charge in [-0.25, -0.2) is 10.4 Å². The van der Waals surface area contributed by atoms with Crippen LogP contribution in [0.4, 0.5) is 5.95 Å². The third-order valence-corrected chi connectivity index (χ3v) is 5.17. The van der Waals surface area contributed by atoms with Gasteiger partial charge in [-0.05, 0) is 30.5 Å². The Morgan fingerprint density at radius 1 is 1.20 bits per heavy atom. The number of fused-ring (bicyclic) bond motifs is 2. The SMILES string of the molecule is CCc1cccc2c(/C=N/Nc3nc4ccccc4c(=O)n3CCCOC)c[nH]c12. The lowest BCUT2D eigenvalue weighted by molar-refractivity contribution is 0.190. The lowest BCUT2D eigenvalue weighted by Crippen LogP contribution is -2.24. The molecule has 0 spiro atoms. The van der Waals surface area contributed by atoms with Gasteiger partial charge >= 0.3 is 0 Å². The third kappa shape index (κ3) is 3.84. The second-order valence-electron chi connectivity index (χ2n) is 7.06. The molecule has 2 heterocycles. The van der Waals surface area contributed by atoms with Gasteiger partial charge < -0.3 is 9.72 Å². The highest BCUT2D eigenvalue weighted by Crippen LogP contribution is 2.21. The minimum Gasteiger partial charge on any atom is -0.385 e. The van der Waals surface area contributed by atoms with Crippen LogP contribution in [0.15, 0.2) is 58.6 Å². The fraction of sp³-hybridized carbons (Fsp3) is 0.261. The van der Waals surface area contributed by atoms with Crippen LogP contribution in [-0.2, 0) is 17.7 Å². The van der Waals surface area contributed by atoms with Crippen LogP contribution in [0.2, 0.25) is 0 Å². The van der Waals surface area contributed by atoms with Crippen molar-refractivity contribution in [3.05, 3.63) is 70.1 Å². The Morgan fingerprint density at radius 2 is 2.03 bits per heavy atom. The maximum absolute atomic E-state index is 13.0. The Morgan fingerprint density at radius 3 is 2.87 bits per heavy atom. The summed E-state index contributed by atoms with van der Waals surface area (Å²) in [6.45, 7) is 3.20. The van der Waals surface area contributed by atoms with E-state index in [2.05, 4.69) is 45.6 Å². The van der Waals surface area contributed by atoms with E-state index >= 15 is 0 Å². The molecule has 7 nitrogen and oxygen atoms in total. The zero-order valence-electron chi connectivity index (χ0n) is 17.2. The molecule has 0 amide bonds. The number of hydrogen-bond acceptors (Lipinski definition) is 5. The monoisotopic (exact) mass is 403 g/mol. The smallest absolute Gasteiger partial charge is 0.262 e. The largest absolute Gasteiger partial charge is 0.385 e. The number of para-hydroxylation sites is 2. The molecule has 0 unspecified atom stereocenters. The Kier molecular flexibility index (Phi) is 5.90. The summed E-state index contributed by atoms with van der Waals surface area (Å²) in [7, 11) is 1.65. The number of rotatable bonds is 8. The zero-order valence-corrected chi connectivity index (χ0v) is 17.2. The molecule has 4 rings (SSSR count). The first kappa shape index (κ1) is 19.8. The Bertz CT molecular complexity index is 1260. The predicted molar refractivity (Wildman–Crippen MR) is 121 cm³/mol. The van der Waals surface area contributed by atoms with Crippen molar-refractivity contribution in [3.63, 3.8) is 0 Å². The van der Waals surface area contributed by atoms with Gasteiger partial charge in [0.2, 0.25) is 5.95 Å². The van der Waals surface area contributed by atoms with Gasteiger partial charge in [0.1, 0.15) is 0 Å². The lowest BCUT2D eigenvalue weighted by atomic mass is 10.1. The van der Waals surface area contributed by atoms with Crippen LogP contribution in [-0.4, -0.2) is 34.5 Å². The van der Waals surface area contributed by atoms with Gasteiger partial charge in [-0.3, -0.25) is 9.36 Å². The minimum atomic E-state index is -0.0888. The molecule has 0 aliphatic rings. The average Bonchev–Trinajstić information content (AvgIpc) is 3.19. The summed E-state index contributed by atoms with van der Waals surface area (Å²) in [5, 5.41) is 6.08. The topological polar surface area (TPSA) is 84.3 Å². The number of methoxy groups -OCH3 is 1. The number of hydrogen-bond donors (Lipinski definition) is 2. The Hall–Kier alpha value is -3.45. The molecular weight excluding hydrogens is 378 g/mol. The van der Waals surface area contributed by atoms with Gasteiger partial charge in [0.05, 0.1) is 17.1 Å². The first-order valence-electron chi connectivity index (χ1n) is 10.1. The van der Waals surface area contributed by atoms with Crippen LogP contribution in [0.25, 0.3) is 21.8 Å².